The van der Waals surface area contributed by atoms with E-state index in [9.17, 15) is 14.4 Å². The van der Waals surface area contributed by atoms with Crippen LogP contribution in [0.3, 0.4) is 0 Å². The molecule has 0 aliphatic heterocycles. The second-order valence-electron chi connectivity index (χ2n) is 4.28. The van der Waals surface area contributed by atoms with Gasteiger partial charge in [-0.05, 0) is 40.5 Å². The molecule has 3 N–H and O–H groups in total. The summed E-state index contributed by atoms with van der Waals surface area (Å²) in [5.74, 6) is -3.01. The van der Waals surface area contributed by atoms with Crippen molar-refractivity contribution in [3.63, 3.8) is 0 Å². The van der Waals surface area contributed by atoms with Gasteiger partial charge in [-0.3, -0.25) is 9.59 Å². The van der Waals surface area contributed by atoms with Crippen LogP contribution >= 0.6 is 15.9 Å². The SMILES string of the molecule is Cc1ccc(OCC(=O)N[C@@H](CC(=O)O)C(=O)O)c(Br)c1. The molecule has 0 saturated carbocycles. The number of ether oxygens (including phenoxy) is 1. The van der Waals surface area contributed by atoms with Crippen molar-refractivity contribution in [1.82, 2.24) is 5.32 Å². The van der Waals surface area contributed by atoms with Crippen LogP contribution in [0, 0.1) is 6.92 Å². The predicted octanol–water partition coefficient (Wildman–Crippen LogP) is 1.18. The summed E-state index contributed by atoms with van der Waals surface area (Å²) in [7, 11) is 0. The van der Waals surface area contributed by atoms with Gasteiger partial charge in [0, 0.05) is 0 Å². The van der Waals surface area contributed by atoms with Gasteiger partial charge in [-0.1, -0.05) is 6.07 Å². The first-order chi connectivity index (χ1) is 9.79. The van der Waals surface area contributed by atoms with Crippen LogP contribution in [0.5, 0.6) is 5.75 Å². The van der Waals surface area contributed by atoms with Crippen LogP contribution in [-0.2, 0) is 14.4 Å². The Morgan fingerprint density at radius 3 is 2.52 bits per heavy atom. The molecule has 0 spiro atoms. The van der Waals surface area contributed by atoms with Gasteiger partial charge in [0.1, 0.15) is 11.8 Å². The number of rotatable bonds is 7. The molecule has 1 aromatic carbocycles. The molecule has 21 heavy (non-hydrogen) atoms. The Labute approximate surface area is 129 Å². The molecule has 0 heterocycles. The number of halogens is 1. The number of carboxylic acid groups (broad SMARTS) is 2. The van der Waals surface area contributed by atoms with Gasteiger partial charge in [-0.2, -0.15) is 0 Å². The molecule has 0 radical (unpaired) electrons. The Morgan fingerprint density at radius 1 is 1.33 bits per heavy atom. The van der Waals surface area contributed by atoms with E-state index in [4.69, 9.17) is 14.9 Å². The average Bonchev–Trinajstić information content (AvgIpc) is 2.36. The molecule has 0 aliphatic rings. The molecule has 1 atom stereocenters. The van der Waals surface area contributed by atoms with Crippen molar-refractivity contribution in [2.45, 2.75) is 19.4 Å². The largest absolute Gasteiger partial charge is 0.483 e. The van der Waals surface area contributed by atoms with Gasteiger partial charge in [0.2, 0.25) is 0 Å². The Hall–Kier alpha value is -2.09. The van der Waals surface area contributed by atoms with Crippen LogP contribution in [0.25, 0.3) is 0 Å². The third kappa shape index (κ3) is 5.82. The second kappa shape index (κ2) is 7.63. The molecule has 0 saturated heterocycles. The lowest BCUT2D eigenvalue weighted by molar-refractivity contribution is -0.147. The van der Waals surface area contributed by atoms with E-state index < -0.39 is 36.9 Å². The number of aryl methyl sites for hydroxylation is 1. The summed E-state index contributed by atoms with van der Waals surface area (Å²) in [6.07, 6.45) is -0.699. The van der Waals surface area contributed by atoms with Gasteiger partial charge < -0.3 is 20.3 Å². The predicted molar refractivity (Wildman–Crippen MR) is 76.2 cm³/mol. The summed E-state index contributed by atoms with van der Waals surface area (Å²) in [6.45, 7) is 1.48. The van der Waals surface area contributed by atoms with Gasteiger partial charge in [0.05, 0.1) is 10.9 Å². The van der Waals surface area contributed by atoms with Crippen LogP contribution in [-0.4, -0.2) is 40.7 Å². The van der Waals surface area contributed by atoms with Gasteiger partial charge in [-0.15, -0.1) is 0 Å². The van der Waals surface area contributed by atoms with Crippen molar-refractivity contribution in [3.8, 4) is 5.75 Å². The second-order valence-corrected chi connectivity index (χ2v) is 5.13. The summed E-state index contributed by atoms with van der Waals surface area (Å²) in [6, 6.07) is 3.78. The third-order valence-corrected chi connectivity index (χ3v) is 3.08. The van der Waals surface area contributed by atoms with E-state index in [1.54, 1.807) is 18.2 Å². The number of aliphatic carboxylic acids is 2. The molecular formula is C13H14BrNO6. The Bertz CT molecular complexity index is 560. The van der Waals surface area contributed by atoms with E-state index in [0.29, 0.717) is 10.2 Å². The molecule has 7 nitrogen and oxygen atoms in total. The number of hydrogen-bond acceptors (Lipinski definition) is 4. The van der Waals surface area contributed by atoms with Gasteiger partial charge in [-0.25, -0.2) is 4.79 Å². The normalized spacial score (nSPS) is 11.5. The first kappa shape index (κ1) is 17.0. The van der Waals surface area contributed by atoms with Gasteiger partial charge in [0.15, 0.2) is 6.61 Å². The number of amides is 1. The fourth-order valence-corrected chi connectivity index (χ4v) is 2.08. The monoisotopic (exact) mass is 359 g/mol. The smallest absolute Gasteiger partial charge is 0.326 e. The van der Waals surface area contributed by atoms with Crippen molar-refractivity contribution < 1.29 is 29.3 Å². The highest BCUT2D eigenvalue weighted by Gasteiger charge is 2.23. The molecule has 0 unspecified atom stereocenters. The zero-order valence-electron chi connectivity index (χ0n) is 11.1. The fraction of sp³-hybridized carbons (Fsp3) is 0.308. The summed E-state index contributed by atoms with van der Waals surface area (Å²) in [4.78, 5) is 32.9. The molecular weight excluding hydrogens is 346 g/mol. The molecule has 114 valence electrons. The number of benzene rings is 1. The molecule has 0 bridgehead atoms. The summed E-state index contributed by atoms with van der Waals surface area (Å²) in [5.41, 5.74) is 1.01. The van der Waals surface area contributed by atoms with E-state index in [0.717, 1.165) is 5.56 Å². The maximum absolute atomic E-state index is 11.6. The highest BCUT2D eigenvalue weighted by atomic mass is 79.9. The first-order valence-electron chi connectivity index (χ1n) is 5.92. The number of hydrogen-bond donors (Lipinski definition) is 3. The van der Waals surface area contributed by atoms with Crippen LogP contribution in [0.2, 0.25) is 0 Å². The van der Waals surface area contributed by atoms with E-state index in [1.807, 2.05) is 6.92 Å². The minimum atomic E-state index is -1.49. The van der Waals surface area contributed by atoms with Crippen LogP contribution in [0.1, 0.15) is 12.0 Å². The molecule has 1 rings (SSSR count). The van der Waals surface area contributed by atoms with Crippen molar-refractivity contribution in [1.29, 1.82) is 0 Å². The summed E-state index contributed by atoms with van der Waals surface area (Å²) < 4.78 is 5.90. The van der Waals surface area contributed by atoms with Crippen molar-refractivity contribution in [3.05, 3.63) is 28.2 Å². The topological polar surface area (TPSA) is 113 Å². The lowest BCUT2D eigenvalue weighted by atomic mass is 10.2. The van der Waals surface area contributed by atoms with Crippen molar-refractivity contribution in [2.24, 2.45) is 0 Å². The lowest BCUT2D eigenvalue weighted by Gasteiger charge is -2.13. The maximum atomic E-state index is 11.6. The van der Waals surface area contributed by atoms with E-state index in [1.165, 1.54) is 0 Å². The Balaban J connectivity index is 2.56. The number of nitrogens with one attached hydrogen (secondary N) is 1. The third-order valence-electron chi connectivity index (χ3n) is 2.46. The van der Waals surface area contributed by atoms with E-state index in [2.05, 4.69) is 21.2 Å². The highest BCUT2D eigenvalue weighted by molar-refractivity contribution is 9.10. The minimum Gasteiger partial charge on any atom is -0.483 e. The maximum Gasteiger partial charge on any atom is 0.326 e. The molecule has 8 heteroatoms. The van der Waals surface area contributed by atoms with Crippen LogP contribution in [0.15, 0.2) is 22.7 Å². The summed E-state index contributed by atoms with van der Waals surface area (Å²) in [5, 5.41) is 19.5. The number of carbonyl (C=O) groups excluding carboxylic acids is 1. The van der Waals surface area contributed by atoms with Gasteiger partial charge >= 0.3 is 11.9 Å². The van der Waals surface area contributed by atoms with Crippen LogP contribution < -0.4 is 10.1 Å². The molecule has 0 aliphatic carbocycles. The molecule has 1 aromatic rings. The quantitative estimate of drug-likeness (QED) is 0.673. The fourth-order valence-electron chi connectivity index (χ4n) is 1.48. The van der Waals surface area contributed by atoms with Gasteiger partial charge in [0.25, 0.3) is 5.91 Å². The summed E-state index contributed by atoms with van der Waals surface area (Å²) >= 11 is 3.28. The minimum absolute atomic E-state index is 0.412. The Kier molecular flexibility index (Phi) is 6.16. The van der Waals surface area contributed by atoms with Crippen LogP contribution in [0.4, 0.5) is 0 Å². The lowest BCUT2D eigenvalue weighted by Crippen LogP contribution is -2.44. The standard InChI is InChI=1S/C13H14BrNO6/c1-7-2-3-10(8(14)4-7)21-6-11(16)15-9(13(19)20)5-12(17)18/h2-4,9H,5-6H2,1H3,(H,15,16)(H,17,18)(H,19,20)/t9-/m0/s1. The zero-order chi connectivity index (χ0) is 16.0. The molecule has 1 amide bonds. The highest BCUT2D eigenvalue weighted by Crippen LogP contribution is 2.25. The molecule has 0 aromatic heterocycles. The molecule has 0 fully saturated rings. The van der Waals surface area contributed by atoms with Crippen molar-refractivity contribution >= 4 is 33.8 Å². The van der Waals surface area contributed by atoms with E-state index in [-0.39, 0.29) is 0 Å². The number of carbonyl (C=O) groups is 3. The number of carboxylic acids is 2. The van der Waals surface area contributed by atoms with E-state index >= 15 is 0 Å². The first-order valence-corrected chi connectivity index (χ1v) is 6.72. The average molecular weight is 360 g/mol. The zero-order valence-corrected chi connectivity index (χ0v) is 12.7. The Morgan fingerprint density at radius 2 is 2.00 bits per heavy atom. The van der Waals surface area contributed by atoms with Crippen molar-refractivity contribution in [2.75, 3.05) is 6.61 Å².